The Morgan fingerprint density at radius 1 is 1.11 bits per heavy atom. The van der Waals surface area contributed by atoms with Crippen LogP contribution >= 0.6 is 0 Å². The second kappa shape index (κ2) is 6.23. The molecule has 0 saturated heterocycles. The maximum absolute atomic E-state index is 11.8. The Morgan fingerprint density at radius 3 is 2.00 bits per heavy atom. The lowest BCUT2D eigenvalue weighted by molar-refractivity contribution is -0.132. The van der Waals surface area contributed by atoms with Gasteiger partial charge < -0.3 is 4.90 Å². The highest BCUT2D eigenvalue weighted by Crippen LogP contribution is 2.21. The Hall–Kier alpha value is -1.31. The normalized spacial score (nSPS) is 13.2. The maximum Gasteiger partial charge on any atom is 0.225 e. The summed E-state index contributed by atoms with van der Waals surface area (Å²) in [7, 11) is 3.62. The van der Waals surface area contributed by atoms with Crippen molar-refractivity contribution < 1.29 is 4.79 Å². The molecule has 106 valence electrons. The third-order valence-electron chi connectivity index (χ3n) is 3.16. The van der Waals surface area contributed by atoms with Crippen molar-refractivity contribution in [2.75, 3.05) is 14.1 Å². The summed E-state index contributed by atoms with van der Waals surface area (Å²) in [4.78, 5) is 13.5. The van der Waals surface area contributed by atoms with Gasteiger partial charge in [0, 0.05) is 20.0 Å². The molecule has 0 aromatic heterocycles. The molecule has 1 aromatic rings. The lowest BCUT2D eigenvalue weighted by Gasteiger charge is -2.19. The molecular weight excluding hydrogens is 234 g/mol. The molecule has 1 amide bonds. The van der Waals surface area contributed by atoms with Gasteiger partial charge >= 0.3 is 0 Å². The van der Waals surface area contributed by atoms with Gasteiger partial charge in [-0.05, 0) is 29.4 Å². The van der Waals surface area contributed by atoms with E-state index in [4.69, 9.17) is 0 Å². The molecule has 0 aliphatic rings. The molecule has 19 heavy (non-hydrogen) atoms. The summed E-state index contributed by atoms with van der Waals surface area (Å²) in [6.07, 6.45) is 1.90. The SMILES string of the molecule is CC(Cc1ccc(CC(C)(C)C)cc1)C(=O)N(C)C. The van der Waals surface area contributed by atoms with Gasteiger partial charge in [-0.3, -0.25) is 4.79 Å². The smallest absolute Gasteiger partial charge is 0.225 e. The monoisotopic (exact) mass is 261 g/mol. The molecule has 0 aliphatic carbocycles. The van der Waals surface area contributed by atoms with E-state index in [1.807, 2.05) is 21.0 Å². The Bertz CT molecular complexity index is 412. The standard InChI is InChI=1S/C17H27NO/c1-13(16(19)18(5)6)11-14-7-9-15(10-8-14)12-17(2,3)4/h7-10,13H,11-12H2,1-6H3. The molecular formula is C17H27NO. The van der Waals surface area contributed by atoms with Crippen molar-refractivity contribution in [3.05, 3.63) is 35.4 Å². The minimum absolute atomic E-state index is 0.0449. The second-order valence-electron chi connectivity index (χ2n) is 6.89. The lowest BCUT2D eigenvalue weighted by atomic mass is 9.87. The van der Waals surface area contributed by atoms with Gasteiger partial charge in [0.1, 0.15) is 0 Å². The summed E-state index contributed by atoms with van der Waals surface area (Å²) in [5.74, 6) is 0.238. The Kier molecular flexibility index (Phi) is 5.16. The zero-order chi connectivity index (χ0) is 14.6. The quantitative estimate of drug-likeness (QED) is 0.812. The van der Waals surface area contributed by atoms with E-state index in [0.29, 0.717) is 5.41 Å². The van der Waals surface area contributed by atoms with Crippen molar-refractivity contribution in [2.24, 2.45) is 11.3 Å². The molecule has 1 rings (SSSR count). The third kappa shape index (κ3) is 5.46. The van der Waals surface area contributed by atoms with Crippen molar-refractivity contribution in [3.63, 3.8) is 0 Å². The summed E-state index contributed by atoms with van der Waals surface area (Å²) in [5, 5.41) is 0. The summed E-state index contributed by atoms with van der Waals surface area (Å²) < 4.78 is 0. The van der Waals surface area contributed by atoms with Gasteiger partial charge in [0.2, 0.25) is 5.91 Å². The van der Waals surface area contributed by atoms with Gasteiger partial charge in [-0.25, -0.2) is 0 Å². The fraction of sp³-hybridized carbons (Fsp3) is 0.588. The van der Waals surface area contributed by atoms with Gasteiger partial charge in [-0.2, -0.15) is 0 Å². The molecule has 0 fully saturated rings. The highest BCUT2D eigenvalue weighted by Gasteiger charge is 2.15. The Balaban J connectivity index is 2.65. The van der Waals surface area contributed by atoms with Crippen LogP contribution in [0.2, 0.25) is 0 Å². The van der Waals surface area contributed by atoms with E-state index in [1.165, 1.54) is 11.1 Å². The average molecular weight is 261 g/mol. The fourth-order valence-electron chi connectivity index (χ4n) is 2.29. The summed E-state index contributed by atoms with van der Waals surface area (Å²) in [5.41, 5.74) is 2.92. The number of hydrogen-bond acceptors (Lipinski definition) is 1. The number of carbonyl (C=O) groups excluding carboxylic acids is 1. The minimum Gasteiger partial charge on any atom is -0.349 e. The first kappa shape index (κ1) is 15.7. The highest BCUT2D eigenvalue weighted by molar-refractivity contribution is 5.78. The second-order valence-corrected chi connectivity index (χ2v) is 6.89. The van der Waals surface area contributed by atoms with Crippen LogP contribution in [0.25, 0.3) is 0 Å². The number of hydrogen-bond donors (Lipinski definition) is 0. The van der Waals surface area contributed by atoms with Gasteiger partial charge in [-0.1, -0.05) is 52.0 Å². The van der Waals surface area contributed by atoms with Gasteiger partial charge in [0.15, 0.2) is 0 Å². The lowest BCUT2D eigenvalue weighted by Crippen LogP contribution is -2.29. The number of carbonyl (C=O) groups is 1. The molecule has 0 saturated carbocycles. The first-order valence-electron chi connectivity index (χ1n) is 6.98. The van der Waals surface area contributed by atoms with Crippen molar-refractivity contribution in [3.8, 4) is 0 Å². The molecule has 1 atom stereocenters. The molecule has 0 aliphatic heterocycles. The first-order chi connectivity index (χ1) is 8.69. The van der Waals surface area contributed by atoms with Gasteiger partial charge in [0.05, 0.1) is 0 Å². The minimum atomic E-state index is 0.0449. The molecule has 2 nitrogen and oxygen atoms in total. The molecule has 0 radical (unpaired) electrons. The van der Waals surface area contributed by atoms with Crippen LogP contribution in [0.1, 0.15) is 38.8 Å². The number of rotatable bonds is 4. The summed E-state index contributed by atoms with van der Waals surface area (Å²) in [6.45, 7) is 8.74. The van der Waals surface area contributed by atoms with Crippen LogP contribution in [0, 0.1) is 11.3 Å². The summed E-state index contributed by atoms with van der Waals surface area (Å²) in [6, 6.07) is 8.68. The molecule has 0 heterocycles. The van der Waals surface area contributed by atoms with Crippen molar-refractivity contribution in [1.29, 1.82) is 0 Å². The van der Waals surface area contributed by atoms with Gasteiger partial charge in [-0.15, -0.1) is 0 Å². The van der Waals surface area contributed by atoms with Crippen LogP contribution in [0.15, 0.2) is 24.3 Å². The highest BCUT2D eigenvalue weighted by atomic mass is 16.2. The number of nitrogens with zero attached hydrogens (tertiary/aromatic N) is 1. The van der Waals surface area contributed by atoms with Crippen LogP contribution in [-0.4, -0.2) is 24.9 Å². The third-order valence-corrected chi connectivity index (χ3v) is 3.16. The maximum atomic E-state index is 11.8. The summed E-state index contributed by atoms with van der Waals surface area (Å²) >= 11 is 0. The molecule has 2 heteroatoms. The predicted octanol–water partition coefficient (Wildman–Crippen LogP) is 3.54. The van der Waals surface area contributed by atoms with E-state index >= 15 is 0 Å². The predicted molar refractivity (Wildman–Crippen MR) is 81.2 cm³/mol. The van der Waals surface area contributed by atoms with Crippen LogP contribution in [0.3, 0.4) is 0 Å². The Morgan fingerprint density at radius 2 is 1.58 bits per heavy atom. The zero-order valence-electron chi connectivity index (χ0n) is 13.2. The van der Waals surface area contributed by atoms with Crippen LogP contribution in [0.5, 0.6) is 0 Å². The van der Waals surface area contributed by atoms with E-state index in [9.17, 15) is 4.79 Å². The zero-order valence-corrected chi connectivity index (χ0v) is 13.2. The van der Waals surface area contributed by atoms with E-state index in [0.717, 1.165) is 12.8 Å². The van der Waals surface area contributed by atoms with Crippen molar-refractivity contribution in [2.45, 2.75) is 40.5 Å². The van der Waals surface area contributed by atoms with Crippen LogP contribution < -0.4 is 0 Å². The topological polar surface area (TPSA) is 20.3 Å². The van der Waals surface area contributed by atoms with E-state index in [1.54, 1.807) is 4.90 Å². The molecule has 0 bridgehead atoms. The Labute approximate surface area is 117 Å². The van der Waals surface area contributed by atoms with Crippen LogP contribution in [-0.2, 0) is 17.6 Å². The van der Waals surface area contributed by atoms with E-state index in [-0.39, 0.29) is 11.8 Å². The van der Waals surface area contributed by atoms with Gasteiger partial charge in [0.25, 0.3) is 0 Å². The van der Waals surface area contributed by atoms with Crippen molar-refractivity contribution in [1.82, 2.24) is 4.90 Å². The molecule has 1 unspecified atom stereocenters. The molecule has 1 aromatic carbocycles. The average Bonchev–Trinajstić information content (AvgIpc) is 2.28. The fourth-order valence-corrected chi connectivity index (χ4v) is 2.29. The van der Waals surface area contributed by atoms with Crippen molar-refractivity contribution >= 4 is 5.91 Å². The van der Waals surface area contributed by atoms with Crippen LogP contribution in [0.4, 0.5) is 0 Å². The first-order valence-corrected chi connectivity index (χ1v) is 6.98. The number of benzene rings is 1. The largest absolute Gasteiger partial charge is 0.349 e. The van der Waals surface area contributed by atoms with E-state index in [2.05, 4.69) is 45.0 Å². The molecule has 0 N–H and O–H groups in total. The number of amides is 1. The van der Waals surface area contributed by atoms with E-state index < -0.39 is 0 Å². The molecule has 0 spiro atoms.